The molecule has 0 aliphatic carbocycles. The number of pyridine rings is 3. The van der Waals surface area contributed by atoms with Crippen LogP contribution in [-0.4, -0.2) is 93.0 Å². The van der Waals surface area contributed by atoms with E-state index in [1.54, 1.807) is 13.8 Å². The lowest BCUT2D eigenvalue weighted by molar-refractivity contribution is -0.140. The number of carboxylic acid groups (broad SMARTS) is 1. The van der Waals surface area contributed by atoms with Crippen molar-refractivity contribution in [2.75, 3.05) is 56.6 Å². The number of hydrogen-bond acceptors (Lipinski definition) is 10. The van der Waals surface area contributed by atoms with Crippen molar-refractivity contribution in [3.8, 4) is 21.7 Å². The van der Waals surface area contributed by atoms with E-state index >= 15 is 0 Å². The lowest BCUT2D eigenvalue weighted by Gasteiger charge is -2.34. The smallest absolute Gasteiger partial charge is 0.434 e. The van der Waals surface area contributed by atoms with Gasteiger partial charge in [0, 0.05) is 67.2 Å². The Hall–Kier alpha value is -4.61. The van der Waals surface area contributed by atoms with E-state index < -0.39 is 40.9 Å². The molecular formula is C29H31F3N8O5S. The van der Waals surface area contributed by atoms with Crippen molar-refractivity contribution < 1.29 is 33.0 Å². The molecular weight excluding hydrogens is 629 g/mol. The summed E-state index contributed by atoms with van der Waals surface area (Å²) >= 11 is 0.741. The number of piperazine rings is 1. The Labute approximate surface area is 264 Å². The van der Waals surface area contributed by atoms with Gasteiger partial charge in [-0.1, -0.05) is 0 Å². The first-order chi connectivity index (χ1) is 21.8. The number of nitrogens with one attached hydrogen (secondary N) is 2. The molecule has 4 N–H and O–H groups in total. The molecule has 5 heterocycles. The van der Waals surface area contributed by atoms with E-state index in [1.807, 2.05) is 11.9 Å². The number of carbonyl (C=O) groups excluding carboxylic acids is 1. The summed E-state index contributed by atoms with van der Waals surface area (Å²) in [7, 11) is 1.96. The second-order valence-electron chi connectivity index (χ2n) is 10.8. The fraction of sp³-hybridized carbons (Fsp3) is 0.379. The second-order valence-corrected chi connectivity index (χ2v) is 11.6. The molecule has 0 aromatic carbocycles. The van der Waals surface area contributed by atoms with Crippen LogP contribution in [0.2, 0.25) is 0 Å². The number of rotatable bonds is 8. The van der Waals surface area contributed by atoms with Crippen molar-refractivity contribution in [3.05, 3.63) is 51.4 Å². The van der Waals surface area contributed by atoms with Crippen LogP contribution in [0.15, 0.2) is 34.7 Å². The SMILES string of the molecule is CCNC(=O)Nc1cc(-c2nc(C(F)(F)F)cs2)c(-c2cc3c(=O)c(C(=O)O)cn(C(C)CO)c3nc2N2CCN(C)CC2)cn1. The lowest BCUT2D eigenvalue weighted by atomic mass is 9.99. The Kier molecular flexibility index (Phi) is 9.27. The van der Waals surface area contributed by atoms with Gasteiger partial charge in [-0.05, 0) is 33.0 Å². The summed E-state index contributed by atoms with van der Waals surface area (Å²) in [4.78, 5) is 55.0. The Morgan fingerprint density at radius 1 is 1.11 bits per heavy atom. The number of carboxylic acids is 1. The van der Waals surface area contributed by atoms with Crippen LogP contribution < -0.4 is 21.0 Å². The highest BCUT2D eigenvalue weighted by Crippen LogP contribution is 2.42. The molecule has 5 rings (SSSR count). The number of amides is 2. The molecule has 1 unspecified atom stereocenters. The van der Waals surface area contributed by atoms with Crippen molar-refractivity contribution in [1.29, 1.82) is 0 Å². The Balaban J connectivity index is 1.83. The first-order valence-corrected chi connectivity index (χ1v) is 15.2. The van der Waals surface area contributed by atoms with Crippen molar-refractivity contribution in [3.63, 3.8) is 0 Å². The molecule has 0 saturated carbocycles. The number of aliphatic hydroxyl groups excluding tert-OH is 1. The van der Waals surface area contributed by atoms with Gasteiger partial charge < -0.3 is 29.9 Å². The molecule has 13 nitrogen and oxygen atoms in total. The molecule has 17 heteroatoms. The maximum atomic E-state index is 13.6. The number of nitrogens with zero attached hydrogens (tertiary/aromatic N) is 6. The molecule has 1 aliphatic rings. The van der Waals surface area contributed by atoms with E-state index in [1.165, 1.54) is 22.9 Å². The fourth-order valence-electron chi connectivity index (χ4n) is 5.06. The number of carbonyl (C=O) groups is 2. The third-order valence-electron chi connectivity index (χ3n) is 7.55. The van der Waals surface area contributed by atoms with Crippen molar-refractivity contribution in [2.45, 2.75) is 26.1 Å². The van der Waals surface area contributed by atoms with Gasteiger partial charge in [0.2, 0.25) is 5.43 Å². The van der Waals surface area contributed by atoms with Gasteiger partial charge in [0.15, 0.2) is 5.69 Å². The lowest BCUT2D eigenvalue weighted by Crippen LogP contribution is -2.45. The van der Waals surface area contributed by atoms with E-state index in [0.29, 0.717) is 44.1 Å². The third kappa shape index (κ3) is 6.52. The Morgan fingerprint density at radius 2 is 1.83 bits per heavy atom. The summed E-state index contributed by atoms with van der Waals surface area (Å²) in [5, 5.41) is 25.7. The first kappa shape index (κ1) is 32.8. The van der Waals surface area contributed by atoms with Crippen LogP contribution in [0.5, 0.6) is 0 Å². The van der Waals surface area contributed by atoms with Gasteiger partial charge in [0.25, 0.3) is 0 Å². The summed E-state index contributed by atoms with van der Waals surface area (Å²) in [5.41, 5.74) is -1.59. The highest BCUT2D eigenvalue weighted by Gasteiger charge is 2.34. The van der Waals surface area contributed by atoms with Crippen LogP contribution in [0.3, 0.4) is 0 Å². The van der Waals surface area contributed by atoms with Crippen molar-refractivity contribution in [1.82, 2.24) is 29.7 Å². The number of halogens is 3. The number of anilines is 2. The zero-order valence-electron chi connectivity index (χ0n) is 25.1. The van der Waals surface area contributed by atoms with Gasteiger partial charge in [-0.15, -0.1) is 11.3 Å². The summed E-state index contributed by atoms with van der Waals surface area (Å²) in [5.74, 6) is -1.06. The van der Waals surface area contributed by atoms with Crippen molar-refractivity contribution in [2.24, 2.45) is 0 Å². The van der Waals surface area contributed by atoms with Gasteiger partial charge >= 0.3 is 18.2 Å². The molecule has 1 saturated heterocycles. The van der Waals surface area contributed by atoms with E-state index in [2.05, 4.69) is 25.5 Å². The summed E-state index contributed by atoms with van der Waals surface area (Å²) in [6, 6.07) is 1.63. The molecule has 1 fully saturated rings. The summed E-state index contributed by atoms with van der Waals surface area (Å²) < 4.78 is 42.3. The highest BCUT2D eigenvalue weighted by molar-refractivity contribution is 7.13. The van der Waals surface area contributed by atoms with Crippen LogP contribution in [0, 0.1) is 0 Å². The van der Waals surface area contributed by atoms with Gasteiger partial charge in [-0.3, -0.25) is 10.1 Å². The number of likely N-dealkylation sites (N-methyl/N-ethyl adjacent to an activating group) is 1. The predicted molar refractivity (Wildman–Crippen MR) is 167 cm³/mol. The number of fused-ring (bicyclic) bond motifs is 1. The van der Waals surface area contributed by atoms with E-state index in [-0.39, 0.29) is 39.6 Å². The second kappa shape index (κ2) is 13.0. The number of hydrogen-bond donors (Lipinski definition) is 4. The molecule has 4 aromatic heterocycles. The molecule has 0 bridgehead atoms. The standard InChI is InChI=1S/C29H31F3N8O5S/c1-4-33-28(45)36-22-10-17(26-35-21(14-46-26)29(30,31)32)19(11-34-22)16-9-18-23(42)20(27(43)44)12-40(15(2)13-41)25(18)37-24(16)39-7-5-38(3)6-8-39/h9-12,14-15,41H,4-8,13H2,1-3H3,(H,43,44)(H2,33,34,36,45). The summed E-state index contributed by atoms with van der Waals surface area (Å²) in [6.45, 7) is 5.67. The number of aromatic carboxylic acids is 1. The summed E-state index contributed by atoms with van der Waals surface area (Å²) in [6.07, 6.45) is -2.21. The van der Waals surface area contributed by atoms with Gasteiger partial charge in [0.1, 0.15) is 27.9 Å². The minimum absolute atomic E-state index is 0.0290. The average Bonchev–Trinajstić information content (AvgIpc) is 3.52. The average molecular weight is 661 g/mol. The van der Waals surface area contributed by atoms with E-state index in [4.69, 9.17) is 4.98 Å². The van der Waals surface area contributed by atoms with Crippen molar-refractivity contribution >= 4 is 46.0 Å². The fourth-order valence-corrected chi connectivity index (χ4v) is 5.92. The van der Waals surface area contributed by atoms with Crippen LogP contribution in [0.4, 0.5) is 29.6 Å². The number of aromatic nitrogens is 4. The molecule has 1 atom stereocenters. The zero-order chi connectivity index (χ0) is 33.3. The Bertz CT molecular complexity index is 1850. The van der Waals surface area contributed by atoms with Crippen LogP contribution >= 0.6 is 11.3 Å². The molecule has 1 aliphatic heterocycles. The van der Waals surface area contributed by atoms with Gasteiger partial charge in [0.05, 0.1) is 18.0 Å². The highest BCUT2D eigenvalue weighted by atomic mass is 32.1. The number of alkyl halides is 3. The molecule has 0 spiro atoms. The molecule has 4 aromatic rings. The topological polar surface area (TPSA) is 166 Å². The predicted octanol–water partition coefficient (Wildman–Crippen LogP) is 3.75. The number of thiazole rings is 1. The van der Waals surface area contributed by atoms with Crippen LogP contribution in [0.1, 0.15) is 35.9 Å². The minimum atomic E-state index is -4.71. The van der Waals surface area contributed by atoms with Crippen LogP contribution in [0.25, 0.3) is 32.7 Å². The largest absolute Gasteiger partial charge is 0.477 e. The molecule has 2 amide bonds. The number of urea groups is 1. The molecule has 244 valence electrons. The maximum Gasteiger partial charge on any atom is 0.434 e. The van der Waals surface area contributed by atoms with E-state index in [9.17, 15) is 37.8 Å². The minimum Gasteiger partial charge on any atom is -0.477 e. The maximum absolute atomic E-state index is 13.6. The Morgan fingerprint density at radius 3 is 2.43 bits per heavy atom. The first-order valence-electron chi connectivity index (χ1n) is 14.3. The number of aliphatic hydroxyl groups is 1. The van der Waals surface area contributed by atoms with Crippen LogP contribution in [-0.2, 0) is 6.18 Å². The normalized spacial score (nSPS) is 14.8. The van der Waals surface area contributed by atoms with Gasteiger partial charge in [-0.25, -0.2) is 24.5 Å². The van der Waals surface area contributed by atoms with E-state index in [0.717, 1.165) is 22.9 Å². The quantitative estimate of drug-likeness (QED) is 0.219. The monoisotopic (exact) mass is 660 g/mol. The van der Waals surface area contributed by atoms with Gasteiger partial charge in [-0.2, -0.15) is 13.2 Å². The third-order valence-corrected chi connectivity index (χ3v) is 8.43. The zero-order valence-corrected chi connectivity index (χ0v) is 25.9. The molecule has 0 radical (unpaired) electrons. The molecule has 46 heavy (non-hydrogen) atoms.